The van der Waals surface area contributed by atoms with Gasteiger partial charge in [0, 0.05) is 16.5 Å². The largest absolute Gasteiger partial charge is 0.534 e. The number of phenolic OH excluding ortho intramolecular Hbond substituents is 1. The number of carbonyl (C=O) groups excluding carboxylic acids is 1. The average molecular weight is 473 g/mol. The van der Waals surface area contributed by atoms with Crippen LogP contribution in [0.3, 0.4) is 0 Å². The number of phenols is 1. The quantitative estimate of drug-likeness (QED) is 0.145. The van der Waals surface area contributed by atoms with Gasteiger partial charge in [-0.3, -0.25) is 4.79 Å². The Hall–Kier alpha value is -3.31. The van der Waals surface area contributed by atoms with Crippen LogP contribution in [0.5, 0.6) is 11.5 Å². The number of nitrogens with two attached hydrogens (primary N) is 1. The molecule has 31 heavy (non-hydrogen) atoms. The molecule has 3 N–H and O–H groups in total. The fraction of sp³-hybridized carbons (Fsp3) is 0.0526. The van der Waals surface area contributed by atoms with Crippen molar-refractivity contribution in [1.29, 1.82) is 0 Å². The molecule has 0 unspecified atom stereocenters. The third-order valence-electron chi connectivity index (χ3n) is 4.18. The van der Waals surface area contributed by atoms with E-state index >= 15 is 0 Å². The van der Waals surface area contributed by atoms with Gasteiger partial charge in [0.1, 0.15) is 11.5 Å². The number of alkyl halides is 3. The Morgan fingerprint density at radius 1 is 1.06 bits per heavy atom. The molecule has 3 aromatic carbocycles. The first kappa shape index (κ1) is 22.4. The minimum Gasteiger partial charge on any atom is -0.506 e. The van der Waals surface area contributed by atoms with Gasteiger partial charge in [0.25, 0.3) is 0 Å². The van der Waals surface area contributed by atoms with E-state index in [4.69, 9.17) is 17.4 Å². The lowest BCUT2D eigenvalue weighted by Gasteiger charge is -2.14. The predicted octanol–water partition coefficient (Wildman–Crippen LogP) is 3.97. The second-order valence-electron chi connectivity index (χ2n) is 6.11. The Morgan fingerprint density at radius 3 is 2.29 bits per heavy atom. The van der Waals surface area contributed by atoms with E-state index in [-0.39, 0.29) is 38.4 Å². The number of aromatic hydroxyl groups is 1. The van der Waals surface area contributed by atoms with Crippen molar-refractivity contribution in [2.24, 2.45) is 10.9 Å². The van der Waals surface area contributed by atoms with Gasteiger partial charge >= 0.3 is 15.6 Å². The maximum atomic E-state index is 12.9. The fourth-order valence-corrected chi connectivity index (χ4v) is 3.41. The minimum absolute atomic E-state index is 0.0227. The normalized spacial score (nSPS) is 12.7. The molecular formula is C19H12ClF3N2O5S. The van der Waals surface area contributed by atoms with E-state index in [0.717, 1.165) is 12.1 Å². The number of benzene rings is 3. The Kier molecular flexibility index (Phi) is 5.83. The molecule has 162 valence electrons. The Bertz CT molecular complexity index is 1320. The third kappa shape index (κ3) is 4.28. The van der Waals surface area contributed by atoms with Gasteiger partial charge in [-0.05, 0) is 35.7 Å². The number of ketones is 1. The zero-order chi connectivity index (χ0) is 23.0. The summed E-state index contributed by atoms with van der Waals surface area (Å²) in [5.41, 5.74) is -5.74. The number of nitrogens with zero attached hydrogens (tertiary/aromatic N) is 1. The molecule has 0 spiro atoms. The highest BCUT2D eigenvalue weighted by molar-refractivity contribution is 7.88. The summed E-state index contributed by atoms with van der Waals surface area (Å²) in [6, 6.07) is 11.5. The van der Waals surface area contributed by atoms with E-state index in [2.05, 4.69) is 9.28 Å². The van der Waals surface area contributed by atoms with Crippen LogP contribution in [0.1, 0.15) is 15.9 Å². The minimum atomic E-state index is -5.91. The van der Waals surface area contributed by atoms with Gasteiger partial charge in [0.05, 0.1) is 5.02 Å². The van der Waals surface area contributed by atoms with E-state index in [1.165, 1.54) is 42.5 Å². The van der Waals surface area contributed by atoms with Crippen LogP contribution in [0.15, 0.2) is 59.7 Å². The second-order valence-corrected chi connectivity index (χ2v) is 8.06. The Balaban J connectivity index is 2.13. The number of fused-ring (bicyclic) bond motifs is 1. The number of hydrazone groups is 1. The first-order chi connectivity index (χ1) is 14.5. The molecule has 3 aromatic rings. The van der Waals surface area contributed by atoms with Crippen LogP contribution < -0.4 is 10.0 Å². The standard InChI is InChI=1S/C19H12ClF3N2O5S/c20-14-9-10(5-7-15(14)26)18(27)17(25-24)13-6-8-16(12-4-2-1-3-11(12)13)30-31(28,29)19(21,22)23/h1-9,26H,24H2. The van der Waals surface area contributed by atoms with Crippen LogP contribution in [0, 0.1) is 0 Å². The molecule has 0 fully saturated rings. The molecule has 0 saturated heterocycles. The van der Waals surface area contributed by atoms with Gasteiger partial charge in [0.2, 0.25) is 5.78 Å². The van der Waals surface area contributed by atoms with E-state index in [9.17, 15) is 31.5 Å². The number of rotatable bonds is 5. The average Bonchev–Trinajstić information content (AvgIpc) is 2.71. The van der Waals surface area contributed by atoms with Gasteiger partial charge in [-0.2, -0.15) is 26.7 Å². The Morgan fingerprint density at radius 2 is 1.71 bits per heavy atom. The van der Waals surface area contributed by atoms with Crippen molar-refractivity contribution < 1.29 is 35.7 Å². The smallest absolute Gasteiger partial charge is 0.506 e. The molecule has 0 amide bonds. The second kappa shape index (κ2) is 8.08. The first-order valence-corrected chi connectivity index (χ1v) is 10.1. The molecule has 0 atom stereocenters. The van der Waals surface area contributed by atoms with Crippen molar-refractivity contribution in [3.05, 3.63) is 70.7 Å². The monoisotopic (exact) mass is 472 g/mol. The van der Waals surface area contributed by atoms with Gasteiger partial charge in [-0.15, -0.1) is 0 Å². The van der Waals surface area contributed by atoms with Crippen LogP contribution in [0.25, 0.3) is 10.8 Å². The summed E-state index contributed by atoms with van der Waals surface area (Å²) in [7, 11) is -5.91. The summed E-state index contributed by atoms with van der Waals surface area (Å²) in [4.78, 5) is 12.9. The van der Waals surface area contributed by atoms with Crippen LogP contribution >= 0.6 is 11.6 Å². The molecule has 0 aromatic heterocycles. The lowest BCUT2D eigenvalue weighted by molar-refractivity contribution is -0.0499. The highest BCUT2D eigenvalue weighted by Gasteiger charge is 2.48. The Labute approximate surface area is 178 Å². The van der Waals surface area contributed by atoms with Gasteiger partial charge in [-0.1, -0.05) is 35.9 Å². The zero-order valence-electron chi connectivity index (χ0n) is 15.2. The van der Waals surface area contributed by atoms with Crippen LogP contribution in [-0.2, 0) is 10.1 Å². The first-order valence-electron chi connectivity index (χ1n) is 8.30. The van der Waals surface area contributed by atoms with Crippen molar-refractivity contribution in [1.82, 2.24) is 0 Å². The van der Waals surface area contributed by atoms with Gasteiger partial charge < -0.3 is 15.1 Å². The number of halogens is 4. The van der Waals surface area contributed by atoms with E-state index < -0.39 is 27.2 Å². The van der Waals surface area contributed by atoms with Crippen molar-refractivity contribution in [2.75, 3.05) is 0 Å². The molecule has 0 saturated carbocycles. The summed E-state index contributed by atoms with van der Waals surface area (Å²) in [5, 5.41) is 13.1. The lowest BCUT2D eigenvalue weighted by atomic mass is 9.95. The fourth-order valence-electron chi connectivity index (χ4n) is 2.75. The number of carbonyl (C=O) groups is 1. The maximum Gasteiger partial charge on any atom is 0.534 e. The lowest BCUT2D eigenvalue weighted by Crippen LogP contribution is -2.28. The zero-order valence-corrected chi connectivity index (χ0v) is 16.8. The summed E-state index contributed by atoms with van der Waals surface area (Å²) < 4.78 is 65.2. The molecule has 3 rings (SSSR count). The SMILES string of the molecule is NN=C(C(=O)c1ccc(O)c(Cl)c1)c1ccc(OS(=O)(=O)C(F)(F)F)c2ccccc12. The number of hydrogen-bond acceptors (Lipinski definition) is 7. The molecule has 0 aliphatic heterocycles. The highest BCUT2D eigenvalue weighted by Crippen LogP contribution is 2.34. The summed E-state index contributed by atoms with van der Waals surface area (Å²) in [5.74, 6) is 3.88. The molecule has 0 radical (unpaired) electrons. The van der Waals surface area contributed by atoms with E-state index in [1.807, 2.05) is 0 Å². The highest BCUT2D eigenvalue weighted by atomic mass is 35.5. The maximum absolute atomic E-state index is 12.9. The van der Waals surface area contributed by atoms with E-state index in [1.54, 1.807) is 0 Å². The molecule has 12 heteroatoms. The predicted molar refractivity (Wildman–Crippen MR) is 108 cm³/mol. The molecule has 7 nitrogen and oxygen atoms in total. The van der Waals surface area contributed by atoms with Crippen molar-refractivity contribution in [3.63, 3.8) is 0 Å². The third-order valence-corrected chi connectivity index (χ3v) is 5.44. The summed E-state index contributed by atoms with van der Waals surface area (Å²) in [6.45, 7) is 0. The van der Waals surface area contributed by atoms with Gasteiger partial charge in [-0.25, -0.2) is 0 Å². The summed E-state index contributed by atoms with van der Waals surface area (Å²) in [6.07, 6.45) is 0. The van der Waals surface area contributed by atoms with Crippen molar-refractivity contribution in [2.45, 2.75) is 5.51 Å². The van der Waals surface area contributed by atoms with Crippen LogP contribution in [0.4, 0.5) is 13.2 Å². The number of Topliss-reactive ketones (excluding diaryl/α,β-unsaturated/α-hetero) is 1. The molecule has 0 bridgehead atoms. The molecule has 0 aliphatic rings. The summed E-state index contributed by atoms with van der Waals surface area (Å²) >= 11 is 5.83. The van der Waals surface area contributed by atoms with Crippen LogP contribution in [-0.4, -0.2) is 30.5 Å². The van der Waals surface area contributed by atoms with Crippen molar-refractivity contribution in [3.8, 4) is 11.5 Å². The molecule has 0 aliphatic carbocycles. The van der Waals surface area contributed by atoms with Crippen LogP contribution in [0.2, 0.25) is 5.02 Å². The topological polar surface area (TPSA) is 119 Å². The number of hydrogen-bond donors (Lipinski definition) is 2. The van der Waals surface area contributed by atoms with E-state index in [0.29, 0.717) is 0 Å². The van der Waals surface area contributed by atoms with Gasteiger partial charge in [0.15, 0.2) is 5.75 Å². The molecule has 0 heterocycles. The molecular weight excluding hydrogens is 461 g/mol. The van der Waals surface area contributed by atoms with Crippen molar-refractivity contribution >= 4 is 44.0 Å².